The molecule has 4 fully saturated rings. The van der Waals surface area contributed by atoms with Gasteiger partial charge in [0.05, 0.1) is 6.42 Å². The highest BCUT2D eigenvalue weighted by Crippen LogP contribution is 2.68. The number of esters is 2. The maximum Gasteiger partial charge on any atom is 0.310 e. The first-order valence-corrected chi connectivity index (χ1v) is 15.3. The third-order valence-electron chi connectivity index (χ3n) is 11.2. The molecule has 4 aliphatic rings. The number of hydrogen-bond acceptors (Lipinski definition) is 6. The molecule has 6 nitrogen and oxygen atoms in total. The fourth-order valence-corrected chi connectivity index (χ4v) is 9.85. The number of aliphatic hydroxyl groups is 1. The van der Waals surface area contributed by atoms with E-state index in [2.05, 4.69) is 36.4 Å². The van der Waals surface area contributed by atoms with Crippen LogP contribution in [0, 0.1) is 38.1 Å². The Morgan fingerprint density at radius 2 is 1.74 bits per heavy atom. The number of rotatable bonds is 5. The second kappa shape index (κ2) is 10.2. The van der Waals surface area contributed by atoms with Crippen LogP contribution in [0.1, 0.15) is 84.6 Å². The molecule has 0 aromatic heterocycles. The maximum atomic E-state index is 13.3. The van der Waals surface area contributed by atoms with Crippen molar-refractivity contribution in [1.82, 2.24) is 0 Å². The summed E-state index contributed by atoms with van der Waals surface area (Å²) in [5.74, 6) is 0.240. The van der Waals surface area contributed by atoms with Crippen molar-refractivity contribution in [3.8, 4) is 0 Å². The van der Waals surface area contributed by atoms with Gasteiger partial charge in [-0.1, -0.05) is 26.0 Å². The first kappa shape index (κ1) is 28.1. The van der Waals surface area contributed by atoms with Gasteiger partial charge in [-0.05, 0) is 122 Å². The van der Waals surface area contributed by atoms with Crippen molar-refractivity contribution in [1.29, 1.82) is 0 Å². The van der Waals surface area contributed by atoms with Crippen LogP contribution in [-0.4, -0.2) is 40.6 Å². The average Bonchev–Trinajstić information content (AvgIpc) is 3.11. The highest BCUT2D eigenvalue weighted by molar-refractivity contribution is 14.1. The molecule has 0 radical (unpaired) electrons. The van der Waals surface area contributed by atoms with Crippen molar-refractivity contribution in [2.75, 3.05) is 0 Å². The quantitative estimate of drug-likeness (QED) is 0.332. The summed E-state index contributed by atoms with van der Waals surface area (Å²) >= 11 is 2.25. The molecule has 38 heavy (non-hydrogen) atoms. The summed E-state index contributed by atoms with van der Waals surface area (Å²) in [6.45, 7) is 7.47. The number of carbonyl (C=O) groups is 3. The van der Waals surface area contributed by atoms with Crippen LogP contribution < -0.4 is 0 Å². The molecule has 1 aromatic rings. The van der Waals surface area contributed by atoms with E-state index < -0.39 is 11.0 Å². The van der Waals surface area contributed by atoms with E-state index >= 15 is 0 Å². The summed E-state index contributed by atoms with van der Waals surface area (Å²) in [4.78, 5) is 37.8. The predicted octanol–water partition coefficient (Wildman–Crippen LogP) is 5.65. The van der Waals surface area contributed by atoms with Crippen LogP contribution in [0.25, 0.3) is 0 Å². The lowest BCUT2D eigenvalue weighted by Crippen LogP contribution is -2.62. The lowest BCUT2D eigenvalue weighted by Gasteiger charge is -2.63. The SMILES string of the molecule is CC(=O)O[C@H]1CC[C@@]2(C)[C@H](C1)C[C@H](OC(=O)Cc1cccc(I)c1)[C@@H]1[C@@H]2CC[C@@]2(C)[C@H]1CC[C@]2(O)C(C)=O. The van der Waals surface area contributed by atoms with Crippen molar-refractivity contribution in [2.45, 2.75) is 103 Å². The van der Waals surface area contributed by atoms with Crippen molar-refractivity contribution in [3.05, 3.63) is 33.4 Å². The molecule has 0 aliphatic heterocycles. The van der Waals surface area contributed by atoms with E-state index in [-0.39, 0.29) is 59.5 Å². The molecule has 0 bridgehead atoms. The van der Waals surface area contributed by atoms with Gasteiger partial charge in [0.1, 0.15) is 17.8 Å². The standard InChI is InChI=1S/C31H41IO6/c1-18(33)31(36)13-10-25-28-24(9-12-30(25,31)4)29(3)11-8-23(37-19(2)34)16-21(29)17-26(28)38-27(35)15-20-6-5-7-22(32)14-20/h5-7,14,21,23-26,28,36H,8-13,15-17H2,1-4H3/t21-,23+,24+,25+,26+,28-,29+,30+,31+/m1/s1. The number of Topliss-reactive ketones (excluding diaryl/α,β-unsaturated/α-hetero) is 1. The van der Waals surface area contributed by atoms with Crippen molar-refractivity contribution < 1.29 is 29.0 Å². The fourth-order valence-electron chi connectivity index (χ4n) is 9.24. The normalized spacial score (nSPS) is 41.8. The second-order valence-corrected chi connectivity index (χ2v) is 14.2. The van der Waals surface area contributed by atoms with Gasteiger partial charge >= 0.3 is 11.9 Å². The molecule has 4 saturated carbocycles. The Kier molecular flexibility index (Phi) is 7.51. The number of ether oxygens (including phenoxy) is 2. The Hall–Kier alpha value is -1.48. The minimum atomic E-state index is -1.32. The minimum Gasteiger partial charge on any atom is -0.463 e. The molecule has 208 valence electrons. The third kappa shape index (κ3) is 4.63. The monoisotopic (exact) mass is 636 g/mol. The molecule has 0 heterocycles. The van der Waals surface area contributed by atoms with Gasteiger partial charge in [-0.2, -0.15) is 0 Å². The molecule has 7 heteroatoms. The molecule has 1 aromatic carbocycles. The Morgan fingerprint density at radius 1 is 1.00 bits per heavy atom. The average molecular weight is 637 g/mol. The summed E-state index contributed by atoms with van der Waals surface area (Å²) in [5, 5.41) is 11.6. The molecule has 5 rings (SSSR count). The van der Waals surface area contributed by atoms with Gasteiger partial charge in [0, 0.05) is 21.8 Å². The smallest absolute Gasteiger partial charge is 0.310 e. The number of carbonyl (C=O) groups excluding carboxylic acids is 3. The van der Waals surface area contributed by atoms with Crippen molar-refractivity contribution in [2.24, 2.45) is 34.5 Å². The Balaban J connectivity index is 1.46. The van der Waals surface area contributed by atoms with E-state index in [4.69, 9.17) is 9.47 Å². The summed E-state index contributed by atoms with van der Waals surface area (Å²) in [6.07, 6.45) is 6.17. The number of ketones is 1. The van der Waals surface area contributed by atoms with Crippen LogP contribution in [-0.2, 0) is 30.3 Å². The van der Waals surface area contributed by atoms with Gasteiger partial charge in [0.15, 0.2) is 5.78 Å². The highest BCUT2D eigenvalue weighted by Gasteiger charge is 2.68. The summed E-state index contributed by atoms with van der Waals surface area (Å²) in [7, 11) is 0. The van der Waals surface area contributed by atoms with E-state index in [1.165, 1.54) is 13.8 Å². The molecule has 0 saturated heterocycles. The van der Waals surface area contributed by atoms with Crippen molar-refractivity contribution in [3.63, 3.8) is 0 Å². The van der Waals surface area contributed by atoms with Crippen LogP contribution >= 0.6 is 22.6 Å². The molecule has 0 spiro atoms. The second-order valence-electron chi connectivity index (χ2n) is 13.0. The molecule has 4 aliphatic carbocycles. The van der Waals surface area contributed by atoms with Gasteiger partial charge in [-0.15, -0.1) is 0 Å². The van der Waals surface area contributed by atoms with E-state index in [1.54, 1.807) is 0 Å². The lowest BCUT2D eigenvalue weighted by molar-refractivity contribution is -0.207. The van der Waals surface area contributed by atoms with E-state index in [1.807, 2.05) is 24.3 Å². The van der Waals surface area contributed by atoms with Crippen LogP contribution in [0.3, 0.4) is 0 Å². The molecular formula is C31H41IO6. The molecule has 9 atom stereocenters. The zero-order valence-corrected chi connectivity index (χ0v) is 25.2. The Labute approximate surface area is 239 Å². The number of benzene rings is 1. The molecule has 1 N–H and O–H groups in total. The number of hydrogen-bond donors (Lipinski definition) is 1. The van der Waals surface area contributed by atoms with Crippen LogP contribution in [0.5, 0.6) is 0 Å². The van der Waals surface area contributed by atoms with Crippen LogP contribution in [0.4, 0.5) is 0 Å². The Morgan fingerprint density at radius 3 is 2.42 bits per heavy atom. The van der Waals surface area contributed by atoms with Crippen LogP contribution in [0.2, 0.25) is 0 Å². The number of halogens is 1. The minimum absolute atomic E-state index is 0.0536. The lowest BCUT2D eigenvalue weighted by atomic mass is 9.43. The van der Waals surface area contributed by atoms with Gasteiger partial charge in [0.2, 0.25) is 0 Å². The van der Waals surface area contributed by atoms with Crippen molar-refractivity contribution >= 4 is 40.3 Å². The fraction of sp³-hybridized carbons (Fsp3) is 0.710. The van der Waals surface area contributed by atoms with Gasteiger partial charge in [0.25, 0.3) is 0 Å². The first-order valence-electron chi connectivity index (χ1n) is 14.2. The Bertz CT molecular complexity index is 1120. The zero-order valence-electron chi connectivity index (χ0n) is 23.0. The first-order chi connectivity index (χ1) is 17.9. The number of fused-ring (bicyclic) bond motifs is 5. The molecular weight excluding hydrogens is 595 g/mol. The van der Waals surface area contributed by atoms with E-state index in [0.717, 1.165) is 54.1 Å². The van der Waals surface area contributed by atoms with Crippen LogP contribution in [0.15, 0.2) is 24.3 Å². The topological polar surface area (TPSA) is 89.9 Å². The molecule has 0 unspecified atom stereocenters. The maximum absolute atomic E-state index is 13.3. The predicted molar refractivity (Wildman–Crippen MR) is 151 cm³/mol. The molecule has 0 amide bonds. The van der Waals surface area contributed by atoms with E-state index in [0.29, 0.717) is 12.3 Å². The van der Waals surface area contributed by atoms with E-state index in [9.17, 15) is 19.5 Å². The van der Waals surface area contributed by atoms with Gasteiger partial charge < -0.3 is 14.6 Å². The summed E-state index contributed by atoms with van der Waals surface area (Å²) < 4.78 is 13.1. The van der Waals surface area contributed by atoms with Gasteiger partial charge in [-0.3, -0.25) is 14.4 Å². The zero-order chi connectivity index (χ0) is 27.5. The largest absolute Gasteiger partial charge is 0.463 e. The third-order valence-corrected chi connectivity index (χ3v) is 11.9. The highest BCUT2D eigenvalue weighted by atomic mass is 127. The summed E-state index contributed by atoms with van der Waals surface area (Å²) in [6, 6.07) is 7.92. The van der Waals surface area contributed by atoms with Gasteiger partial charge in [-0.25, -0.2) is 0 Å². The summed E-state index contributed by atoms with van der Waals surface area (Å²) in [5.41, 5.74) is -0.842.